The number of nitrogens with two attached hydrogens (primary N) is 1. The molecule has 0 fully saturated rings. The lowest BCUT2D eigenvalue weighted by atomic mass is 10.1. The molecule has 0 spiro atoms. The van der Waals surface area contributed by atoms with Crippen molar-refractivity contribution in [2.45, 2.75) is 6.54 Å². The normalized spacial score (nSPS) is 10.7. The molecule has 132 valence electrons. The van der Waals surface area contributed by atoms with E-state index in [4.69, 9.17) is 5.73 Å². The molecule has 6 nitrogen and oxygen atoms in total. The second-order valence-electron chi connectivity index (χ2n) is 6.08. The predicted octanol–water partition coefficient (Wildman–Crippen LogP) is 3.20. The average Bonchev–Trinajstić information content (AvgIpc) is 2.72. The van der Waals surface area contributed by atoms with Crippen molar-refractivity contribution in [3.63, 3.8) is 0 Å². The Kier molecular flexibility index (Phi) is 4.45. The number of anilines is 1. The molecular formula is C21H17N5O. The molecule has 0 aliphatic rings. The Bertz CT molecular complexity index is 1120. The molecule has 2 heterocycles. The number of nitrogens with zero attached hydrogens (tertiary/aromatic N) is 3. The molecule has 27 heavy (non-hydrogen) atoms. The lowest BCUT2D eigenvalue weighted by Crippen LogP contribution is -2.23. The van der Waals surface area contributed by atoms with Crippen molar-refractivity contribution in [2.24, 2.45) is 0 Å². The van der Waals surface area contributed by atoms with E-state index in [0.29, 0.717) is 23.6 Å². The molecule has 6 heteroatoms. The fourth-order valence-corrected chi connectivity index (χ4v) is 2.93. The topological polar surface area (TPSA) is 93.8 Å². The SMILES string of the molecule is Nc1cncc(-c2cccc(C(=O)NCc3ccnc4ccccc34)c2)n1. The largest absolute Gasteiger partial charge is 0.382 e. The van der Waals surface area contributed by atoms with E-state index >= 15 is 0 Å². The first kappa shape index (κ1) is 16.7. The molecule has 0 aliphatic carbocycles. The molecule has 1 amide bonds. The highest BCUT2D eigenvalue weighted by atomic mass is 16.1. The highest BCUT2D eigenvalue weighted by Gasteiger charge is 2.09. The number of hydrogen-bond donors (Lipinski definition) is 2. The zero-order valence-electron chi connectivity index (χ0n) is 14.5. The molecule has 3 N–H and O–H groups in total. The number of amides is 1. The zero-order chi connectivity index (χ0) is 18.6. The summed E-state index contributed by atoms with van der Waals surface area (Å²) in [6.07, 6.45) is 4.86. The van der Waals surface area contributed by atoms with Crippen molar-refractivity contribution < 1.29 is 4.79 Å². The third-order valence-electron chi connectivity index (χ3n) is 4.25. The van der Waals surface area contributed by atoms with Crippen LogP contribution in [-0.2, 0) is 6.54 Å². The summed E-state index contributed by atoms with van der Waals surface area (Å²) < 4.78 is 0. The summed E-state index contributed by atoms with van der Waals surface area (Å²) in [4.78, 5) is 25.3. The van der Waals surface area contributed by atoms with Crippen molar-refractivity contribution in [3.8, 4) is 11.3 Å². The molecule has 2 aromatic carbocycles. The smallest absolute Gasteiger partial charge is 0.251 e. The molecule has 0 saturated carbocycles. The van der Waals surface area contributed by atoms with Crippen LogP contribution in [0.3, 0.4) is 0 Å². The monoisotopic (exact) mass is 355 g/mol. The second-order valence-corrected chi connectivity index (χ2v) is 6.08. The maximum Gasteiger partial charge on any atom is 0.251 e. The third-order valence-corrected chi connectivity index (χ3v) is 4.25. The van der Waals surface area contributed by atoms with E-state index in [1.165, 1.54) is 6.20 Å². The van der Waals surface area contributed by atoms with Crippen LogP contribution in [0.5, 0.6) is 0 Å². The summed E-state index contributed by atoms with van der Waals surface area (Å²) in [5, 5.41) is 4.00. The quantitative estimate of drug-likeness (QED) is 0.586. The van der Waals surface area contributed by atoms with Crippen molar-refractivity contribution in [2.75, 3.05) is 5.73 Å². The molecule has 0 unspecified atom stereocenters. The third kappa shape index (κ3) is 3.59. The zero-order valence-corrected chi connectivity index (χ0v) is 14.5. The number of carbonyl (C=O) groups excluding carboxylic acids is 1. The van der Waals surface area contributed by atoms with E-state index in [-0.39, 0.29) is 5.91 Å². The first-order valence-electron chi connectivity index (χ1n) is 8.49. The van der Waals surface area contributed by atoms with Crippen LogP contribution in [-0.4, -0.2) is 20.9 Å². The first-order chi connectivity index (χ1) is 13.2. The lowest BCUT2D eigenvalue weighted by Gasteiger charge is -2.09. The summed E-state index contributed by atoms with van der Waals surface area (Å²) >= 11 is 0. The van der Waals surface area contributed by atoms with E-state index in [0.717, 1.165) is 22.0 Å². The van der Waals surface area contributed by atoms with Crippen LogP contribution < -0.4 is 11.1 Å². The summed E-state index contributed by atoms with van der Waals surface area (Å²) in [6.45, 7) is 0.421. The Morgan fingerprint density at radius 3 is 2.81 bits per heavy atom. The Labute approximate surface area is 156 Å². The number of benzene rings is 2. The van der Waals surface area contributed by atoms with Crippen LogP contribution in [0.1, 0.15) is 15.9 Å². The maximum absolute atomic E-state index is 12.6. The van der Waals surface area contributed by atoms with E-state index in [1.54, 1.807) is 24.5 Å². The summed E-state index contributed by atoms with van der Waals surface area (Å²) in [5.41, 5.74) is 9.59. The van der Waals surface area contributed by atoms with Crippen LogP contribution in [0.4, 0.5) is 5.82 Å². The number of hydrogen-bond acceptors (Lipinski definition) is 5. The number of para-hydroxylation sites is 1. The van der Waals surface area contributed by atoms with Crippen molar-refractivity contribution in [1.82, 2.24) is 20.3 Å². The van der Waals surface area contributed by atoms with Gasteiger partial charge in [-0.2, -0.15) is 0 Å². The van der Waals surface area contributed by atoms with Gasteiger partial charge in [-0.1, -0.05) is 30.3 Å². The van der Waals surface area contributed by atoms with Gasteiger partial charge in [-0.25, -0.2) is 4.98 Å². The van der Waals surface area contributed by atoms with Gasteiger partial charge >= 0.3 is 0 Å². The molecule has 0 saturated heterocycles. The number of carbonyl (C=O) groups is 1. The molecule has 0 radical (unpaired) electrons. The van der Waals surface area contributed by atoms with Crippen molar-refractivity contribution >= 4 is 22.6 Å². The van der Waals surface area contributed by atoms with E-state index < -0.39 is 0 Å². The number of pyridine rings is 1. The number of aromatic nitrogens is 3. The van der Waals surface area contributed by atoms with E-state index in [1.807, 2.05) is 42.5 Å². The molecule has 0 aliphatic heterocycles. The average molecular weight is 355 g/mol. The van der Waals surface area contributed by atoms with Gasteiger partial charge in [0.2, 0.25) is 0 Å². The Morgan fingerprint density at radius 2 is 1.93 bits per heavy atom. The Hall–Kier alpha value is -3.80. The van der Waals surface area contributed by atoms with Gasteiger partial charge in [0, 0.05) is 29.3 Å². The number of fused-ring (bicyclic) bond motifs is 1. The van der Waals surface area contributed by atoms with Crippen LogP contribution >= 0.6 is 0 Å². The highest BCUT2D eigenvalue weighted by molar-refractivity contribution is 5.95. The van der Waals surface area contributed by atoms with Crippen molar-refractivity contribution in [1.29, 1.82) is 0 Å². The maximum atomic E-state index is 12.6. The first-order valence-corrected chi connectivity index (χ1v) is 8.49. The highest BCUT2D eigenvalue weighted by Crippen LogP contribution is 2.19. The van der Waals surface area contributed by atoms with Gasteiger partial charge in [0.25, 0.3) is 5.91 Å². The van der Waals surface area contributed by atoms with Gasteiger partial charge in [-0.15, -0.1) is 0 Å². The molecule has 0 bridgehead atoms. The van der Waals surface area contributed by atoms with Gasteiger partial charge in [0.15, 0.2) is 0 Å². The van der Waals surface area contributed by atoms with Crippen LogP contribution in [0.15, 0.2) is 73.2 Å². The van der Waals surface area contributed by atoms with Crippen molar-refractivity contribution in [3.05, 3.63) is 84.3 Å². The summed E-state index contributed by atoms with van der Waals surface area (Å²) in [7, 11) is 0. The summed E-state index contributed by atoms with van der Waals surface area (Å²) in [5.74, 6) is 0.182. The minimum atomic E-state index is -0.158. The second kappa shape index (κ2) is 7.21. The number of rotatable bonds is 4. The van der Waals surface area contributed by atoms with Gasteiger partial charge in [0.05, 0.1) is 23.6 Å². The van der Waals surface area contributed by atoms with E-state index in [9.17, 15) is 4.79 Å². The minimum Gasteiger partial charge on any atom is -0.382 e. The fourth-order valence-electron chi connectivity index (χ4n) is 2.93. The predicted molar refractivity (Wildman–Crippen MR) is 105 cm³/mol. The van der Waals surface area contributed by atoms with Crippen LogP contribution in [0, 0.1) is 0 Å². The van der Waals surface area contributed by atoms with E-state index in [2.05, 4.69) is 20.3 Å². The van der Waals surface area contributed by atoms with Gasteiger partial charge in [-0.05, 0) is 29.8 Å². The molecule has 2 aromatic heterocycles. The standard InChI is InChI=1S/C21H17N5O/c22-20-13-23-12-19(26-20)14-4-3-5-15(10-14)21(27)25-11-16-8-9-24-18-7-2-1-6-17(16)18/h1-10,12-13H,11H2,(H2,22,26)(H,25,27). The molecular weight excluding hydrogens is 338 g/mol. The molecule has 0 atom stereocenters. The van der Waals surface area contributed by atoms with Crippen LogP contribution in [0.25, 0.3) is 22.2 Å². The number of nitrogens with one attached hydrogen (secondary N) is 1. The van der Waals surface area contributed by atoms with Crippen LogP contribution in [0.2, 0.25) is 0 Å². The summed E-state index contributed by atoms with van der Waals surface area (Å²) in [6, 6.07) is 17.0. The van der Waals surface area contributed by atoms with Gasteiger partial charge in [0.1, 0.15) is 5.82 Å². The molecule has 4 rings (SSSR count). The lowest BCUT2D eigenvalue weighted by molar-refractivity contribution is 0.0951. The fraction of sp³-hybridized carbons (Fsp3) is 0.0476. The van der Waals surface area contributed by atoms with Gasteiger partial charge in [-0.3, -0.25) is 14.8 Å². The van der Waals surface area contributed by atoms with Gasteiger partial charge < -0.3 is 11.1 Å². The Balaban J connectivity index is 1.54. The minimum absolute atomic E-state index is 0.158. The Morgan fingerprint density at radius 1 is 1.04 bits per heavy atom. The number of nitrogen functional groups attached to an aromatic ring is 1. The molecule has 4 aromatic rings.